The molecule has 1 aromatic heterocycles. The van der Waals surface area contributed by atoms with Gasteiger partial charge in [0.2, 0.25) is 5.91 Å². The van der Waals surface area contributed by atoms with Gasteiger partial charge in [-0.25, -0.2) is 4.98 Å². The van der Waals surface area contributed by atoms with Gasteiger partial charge in [-0.1, -0.05) is 6.92 Å². The van der Waals surface area contributed by atoms with Crippen molar-refractivity contribution in [1.82, 2.24) is 14.8 Å². The number of nitrogens with one attached hydrogen (secondary N) is 1. The summed E-state index contributed by atoms with van der Waals surface area (Å²) in [6, 6.07) is 0. The van der Waals surface area contributed by atoms with Crippen molar-refractivity contribution in [3.63, 3.8) is 0 Å². The molecule has 2 N–H and O–H groups in total. The van der Waals surface area contributed by atoms with Gasteiger partial charge in [-0.2, -0.15) is 0 Å². The van der Waals surface area contributed by atoms with Crippen LogP contribution in [0.2, 0.25) is 0 Å². The molecule has 2 aliphatic rings. The normalized spacial score (nSPS) is 26.5. The average molecular weight is 338 g/mol. The minimum Gasteiger partial charge on any atom is -0.392 e. The van der Waals surface area contributed by atoms with Gasteiger partial charge >= 0.3 is 0 Å². The summed E-state index contributed by atoms with van der Waals surface area (Å²) in [4.78, 5) is 21.1. The molecular weight excluding hydrogens is 312 g/mol. The molecule has 0 radical (unpaired) electrons. The number of amides is 1. The van der Waals surface area contributed by atoms with Gasteiger partial charge in [-0.3, -0.25) is 14.6 Å². The second-order valence-corrected chi connectivity index (χ2v) is 7.60. The molecule has 0 spiro atoms. The lowest BCUT2D eigenvalue weighted by Crippen LogP contribution is -2.45. The second-order valence-electron chi connectivity index (χ2n) is 6.74. The highest BCUT2D eigenvalue weighted by atomic mass is 32.1. The fourth-order valence-corrected chi connectivity index (χ4v) is 3.94. The van der Waals surface area contributed by atoms with Gasteiger partial charge in [-0.05, 0) is 44.8 Å². The third kappa shape index (κ3) is 4.73. The Bertz CT molecular complexity index is 530. The molecule has 3 heterocycles. The van der Waals surface area contributed by atoms with E-state index in [1.54, 1.807) is 0 Å². The molecule has 2 fully saturated rings. The van der Waals surface area contributed by atoms with Gasteiger partial charge in [0.05, 0.1) is 18.3 Å². The van der Waals surface area contributed by atoms with Crippen molar-refractivity contribution in [2.45, 2.75) is 38.8 Å². The number of nitrogens with zero attached hydrogens (tertiary/aromatic N) is 3. The lowest BCUT2D eigenvalue weighted by molar-refractivity contribution is -0.118. The monoisotopic (exact) mass is 338 g/mol. The van der Waals surface area contributed by atoms with Crippen LogP contribution in [0, 0.1) is 5.92 Å². The molecule has 1 aromatic rings. The number of aliphatic hydroxyl groups excluding tert-OH is 1. The van der Waals surface area contributed by atoms with E-state index in [1.807, 2.05) is 10.3 Å². The number of aromatic nitrogens is 1. The smallest absolute Gasteiger partial charge is 0.240 e. The lowest BCUT2D eigenvalue weighted by atomic mass is 9.96. The Kier molecular flexibility index (Phi) is 5.63. The Labute approximate surface area is 141 Å². The largest absolute Gasteiger partial charge is 0.392 e. The summed E-state index contributed by atoms with van der Waals surface area (Å²) >= 11 is 1.49. The van der Waals surface area contributed by atoms with Crippen LogP contribution in [0.3, 0.4) is 0 Å². The molecule has 3 rings (SSSR count). The van der Waals surface area contributed by atoms with Crippen LogP contribution in [0.5, 0.6) is 0 Å². The van der Waals surface area contributed by atoms with Crippen molar-refractivity contribution in [1.29, 1.82) is 0 Å². The van der Waals surface area contributed by atoms with E-state index in [9.17, 15) is 9.90 Å². The average Bonchev–Trinajstić information content (AvgIpc) is 3.16. The number of anilines is 1. The zero-order valence-electron chi connectivity index (χ0n) is 13.7. The highest BCUT2D eigenvalue weighted by Crippen LogP contribution is 2.20. The summed E-state index contributed by atoms with van der Waals surface area (Å²) in [5.74, 6) is 0.273. The number of carbonyl (C=O) groups is 1. The number of hydrogen-bond acceptors (Lipinski definition) is 6. The molecule has 23 heavy (non-hydrogen) atoms. The van der Waals surface area contributed by atoms with Gasteiger partial charge in [0.25, 0.3) is 0 Å². The van der Waals surface area contributed by atoms with Crippen molar-refractivity contribution in [2.75, 3.05) is 38.0 Å². The van der Waals surface area contributed by atoms with E-state index < -0.39 is 0 Å². The molecule has 0 aliphatic carbocycles. The molecular formula is C16H26N4O2S. The summed E-state index contributed by atoms with van der Waals surface area (Å²) < 4.78 is 0. The number of rotatable bonds is 5. The molecule has 0 bridgehead atoms. The van der Waals surface area contributed by atoms with E-state index in [-0.39, 0.29) is 12.0 Å². The van der Waals surface area contributed by atoms with Gasteiger partial charge in [0, 0.05) is 18.5 Å². The van der Waals surface area contributed by atoms with Gasteiger partial charge in [0.15, 0.2) is 5.13 Å². The quantitative estimate of drug-likeness (QED) is 0.849. The molecule has 2 unspecified atom stereocenters. The minimum atomic E-state index is -0.330. The Hall–Kier alpha value is -1.02. The first-order valence-electron chi connectivity index (χ1n) is 8.47. The Balaban J connectivity index is 1.45. The summed E-state index contributed by atoms with van der Waals surface area (Å²) in [6.07, 6.45) is 3.15. The molecule has 2 atom stereocenters. The standard InChI is InChI=1S/C16H26N4O2S/c1-12-4-7-20(9-14(12)21)10-15(22)18-16-17-13(11-23-16)8-19-5-2-3-6-19/h11-12,14,21H,2-10H2,1H3,(H,17,18,22). The van der Waals surface area contributed by atoms with Crippen LogP contribution in [0.4, 0.5) is 5.13 Å². The number of carbonyl (C=O) groups excluding carboxylic acids is 1. The molecule has 0 aromatic carbocycles. The number of thiazole rings is 1. The molecule has 1 amide bonds. The van der Waals surface area contributed by atoms with E-state index in [0.29, 0.717) is 24.1 Å². The van der Waals surface area contributed by atoms with Crippen LogP contribution < -0.4 is 5.32 Å². The predicted octanol–water partition coefficient (Wildman–Crippen LogP) is 1.38. The van der Waals surface area contributed by atoms with Crippen LogP contribution in [0.15, 0.2) is 5.38 Å². The molecule has 2 aliphatic heterocycles. The zero-order chi connectivity index (χ0) is 16.2. The van der Waals surface area contributed by atoms with Crippen molar-refractivity contribution in [2.24, 2.45) is 5.92 Å². The van der Waals surface area contributed by atoms with Gasteiger partial charge in [0.1, 0.15) is 0 Å². The number of β-amino-alcohol motifs (C(OH)–C–C–N with tert-alkyl or cyclic N) is 1. The van der Waals surface area contributed by atoms with E-state index >= 15 is 0 Å². The summed E-state index contributed by atoms with van der Waals surface area (Å²) in [5.41, 5.74) is 1.04. The van der Waals surface area contributed by atoms with E-state index in [4.69, 9.17) is 0 Å². The number of likely N-dealkylation sites (tertiary alicyclic amines) is 2. The first-order chi connectivity index (χ1) is 11.1. The third-order valence-corrected chi connectivity index (χ3v) is 5.56. The van der Waals surface area contributed by atoms with Crippen LogP contribution in [-0.2, 0) is 11.3 Å². The number of aliphatic hydroxyl groups is 1. The molecule has 2 saturated heterocycles. The molecule has 6 nitrogen and oxygen atoms in total. The highest BCUT2D eigenvalue weighted by molar-refractivity contribution is 7.13. The molecule has 128 valence electrons. The van der Waals surface area contributed by atoms with Crippen LogP contribution in [-0.4, -0.2) is 64.6 Å². The third-order valence-electron chi connectivity index (χ3n) is 4.75. The topological polar surface area (TPSA) is 68.7 Å². The highest BCUT2D eigenvalue weighted by Gasteiger charge is 2.25. The van der Waals surface area contributed by atoms with Crippen molar-refractivity contribution < 1.29 is 9.90 Å². The van der Waals surface area contributed by atoms with Crippen molar-refractivity contribution in [3.05, 3.63) is 11.1 Å². The predicted molar refractivity (Wildman–Crippen MR) is 91.5 cm³/mol. The molecule has 7 heteroatoms. The zero-order valence-corrected chi connectivity index (χ0v) is 14.5. The van der Waals surface area contributed by atoms with Crippen molar-refractivity contribution >= 4 is 22.4 Å². The van der Waals surface area contributed by atoms with Gasteiger partial charge < -0.3 is 10.4 Å². The summed E-state index contributed by atoms with van der Waals surface area (Å²) in [7, 11) is 0. The van der Waals surface area contributed by atoms with E-state index in [2.05, 4.69) is 22.1 Å². The maximum atomic E-state index is 12.1. The minimum absolute atomic E-state index is 0.0474. The van der Waals surface area contributed by atoms with Crippen molar-refractivity contribution in [3.8, 4) is 0 Å². The first-order valence-corrected chi connectivity index (χ1v) is 9.35. The Morgan fingerprint density at radius 3 is 2.91 bits per heavy atom. The molecule has 0 saturated carbocycles. The first kappa shape index (κ1) is 16.8. The van der Waals surface area contributed by atoms with Crippen LogP contribution in [0.1, 0.15) is 31.9 Å². The van der Waals surface area contributed by atoms with Crippen LogP contribution in [0.25, 0.3) is 0 Å². The number of hydrogen-bond donors (Lipinski definition) is 2. The van der Waals surface area contributed by atoms with Crippen LogP contribution >= 0.6 is 11.3 Å². The maximum absolute atomic E-state index is 12.1. The Morgan fingerprint density at radius 2 is 2.17 bits per heavy atom. The van der Waals surface area contributed by atoms with E-state index in [0.717, 1.165) is 38.3 Å². The fraction of sp³-hybridized carbons (Fsp3) is 0.750. The summed E-state index contributed by atoms with van der Waals surface area (Å²) in [6.45, 7) is 6.99. The Morgan fingerprint density at radius 1 is 1.39 bits per heavy atom. The maximum Gasteiger partial charge on any atom is 0.240 e. The number of piperidine rings is 1. The second kappa shape index (κ2) is 7.70. The lowest BCUT2D eigenvalue weighted by Gasteiger charge is -2.33. The summed E-state index contributed by atoms with van der Waals surface area (Å²) in [5, 5.41) is 15.5. The van der Waals surface area contributed by atoms with E-state index in [1.165, 1.54) is 24.2 Å². The van der Waals surface area contributed by atoms with Gasteiger partial charge in [-0.15, -0.1) is 11.3 Å². The fourth-order valence-electron chi connectivity index (χ4n) is 3.23. The SMILES string of the molecule is CC1CCN(CC(=O)Nc2nc(CN3CCCC3)cs2)CC1O.